The van der Waals surface area contributed by atoms with Crippen molar-refractivity contribution >= 4 is 11.9 Å². The summed E-state index contributed by atoms with van der Waals surface area (Å²) in [6.45, 7) is 1.14. The predicted molar refractivity (Wildman–Crippen MR) is 75.7 cm³/mol. The minimum Gasteiger partial charge on any atom is -0.477 e. The number of rotatable bonds is 4. The highest BCUT2D eigenvalue weighted by Gasteiger charge is 2.34. The molecule has 0 aromatic carbocycles. The van der Waals surface area contributed by atoms with Gasteiger partial charge in [0.2, 0.25) is 0 Å². The van der Waals surface area contributed by atoms with Crippen LogP contribution in [0, 0.1) is 5.92 Å². The molecule has 1 aromatic rings. The number of aromatic carboxylic acids is 1. The smallest absolute Gasteiger partial charge is 0.354 e. The fourth-order valence-corrected chi connectivity index (χ4v) is 3.34. The lowest BCUT2D eigenvalue weighted by Crippen LogP contribution is -2.42. The first-order valence-corrected chi connectivity index (χ1v) is 7.32. The number of nitrogens with zero attached hydrogens (tertiary/aromatic N) is 3. The lowest BCUT2D eigenvalue weighted by Gasteiger charge is -2.30. The monoisotopic (exact) mass is 289 g/mol. The Morgan fingerprint density at radius 3 is 2.86 bits per heavy atom. The molecule has 21 heavy (non-hydrogen) atoms. The molecule has 112 valence electrons. The molecule has 0 radical (unpaired) electrons. The third-order valence-corrected chi connectivity index (χ3v) is 4.44. The fraction of sp³-hybridized carbons (Fsp3) is 0.533. The van der Waals surface area contributed by atoms with Crippen LogP contribution in [0.1, 0.15) is 52.1 Å². The van der Waals surface area contributed by atoms with E-state index < -0.39 is 5.97 Å². The Hall–Kier alpha value is -1.95. The van der Waals surface area contributed by atoms with Gasteiger partial charge < -0.3 is 5.11 Å². The molecule has 1 amide bonds. The number of carboxylic acid groups (broad SMARTS) is 1. The summed E-state index contributed by atoms with van der Waals surface area (Å²) in [6.07, 6.45) is 6.34. The van der Waals surface area contributed by atoms with Crippen molar-refractivity contribution in [2.45, 2.75) is 32.2 Å². The summed E-state index contributed by atoms with van der Waals surface area (Å²) < 4.78 is 0. The van der Waals surface area contributed by atoms with Gasteiger partial charge in [0, 0.05) is 30.9 Å². The van der Waals surface area contributed by atoms with Crippen LogP contribution in [-0.2, 0) is 6.54 Å². The van der Waals surface area contributed by atoms with Gasteiger partial charge in [0.05, 0.1) is 6.54 Å². The van der Waals surface area contributed by atoms with Crippen LogP contribution < -0.4 is 0 Å². The van der Waals surface area contributed by atoms with Gasteiger partial charge in [0.1, 0.15) is 0 Å². The number of carbonyl (C=O) groups excluding carboxylic acids is 1. The van der Waals surface area contributed by atoms with Crippen molar-refractivity contribution < 1.29 is 14.7 Å². The van der Waals surface area contributed by atoms with Crippen LogP contribution in [-0.4, -0.2) is 45.6 Å². The Morgan fingerprint density at radius 1 is 1.48 bits per heavy atom. The highest BCUT2D eigenvalue weighted by molar-refractivity contribution is 6.01. The van der Waals surface area contributed by atoms with Gasteiger partial charge in [-0.2, -0.15) is 0 Å². The molecule has 0 atom stereocenters. The topological polar surface area (TPSA) is 73.7 Å². The van der Waals surface area contributed by atoms with Crippen molar-refractivity contribution in [2.75, 3.05) is 13.6 Å². The Labute approximate surface area is 123 Å². The number of pyridine rings is 1. The first-order chi connectivity index (χ1) is 10.1. The SMILES string of the molecule is CN(CC1CCCC1)N1Cc2c(ccnc2C(=O)O)C1=O. The van der Waals surface area contributed by atoms with Crippen molar-refractivity contribution in [3.8, 4) is 0 Å². The molecule has 1 aliphatic carbocycles. The van der Waals surface area contributed by atoms with Crippen LogP contribution in [0.4, 0.5) is 0 Å². The highest BCUT2D eigenvalue weighted by Crippen LogP contribution is 2.29. The normalized spacial score (nSPS) is 18.6. The number of aromatic nitrogens is 1. The maximum absolute atomic E-state index is 12.5. The largest absolute Gasteiger partial charge is 0.477 e. The summed E-state index contributed by atoms with van der Waals surface area (Å²) in [4.78, 5) is 27.6. The number of fused-ring (bicyclic) bond motifs is 1. The lowest BCUT2D eigenvalue weighted by atomic mass is 10.1. The summed E-state index contributed by atoms with van der Waals surface area (Å²) in [7, 11) is 1.90. The third-order valence-electron chi connectivity index (χ3n) is 4.44. The Morgan fingerprint density at radius 2 is 2.19 bits per heavy atom. The van der Waals surface area contributed by atoms with Crippen LogP contribution in [0.5, 0.6) is 0 Å². The van der Waals surface area contributed by atoms with E-state index in [2.05, 4.69) is 4.98 Å². The number of hydrazine groups is 1. The zero-order chi connectivity index (χ0) is 15.0. The first-order valence-electron chi connectivity index (χ1n) is 7.32. The molecule has 0 unspecified atom stereocenters. The van der Waals surface area contributed by atoms with Crippen LogP contribution in [0.15, 0.2) is 12.3 Å². The quantitative estimate of drug-likeness (QED) is 0.914. The van der Waals surface area contributed by atoms with Crippen molar-refractivity contribution in [1.29, 1.82) is 0 Å². The molecule has 0 saturated heterocycles. The number of hydrogen-bond acceptors (Lipinski definition) is 4. The predicted octanol–water partition coefficient (Wildman–Crippen LogP) is 1.77. The number of carbonyl (C=O) groups is 2. The van der Waals surface area contributed by atoms with Crippen LogP contribution in [0.25, 0.3) is 0 Å². The molecule has 1 aliphatic heterocycles. The summed E-state index contributed by atoms with van der Waals surface area (Å²) in [5.41, 5.74) is 0.964. The molecular formula is C15H19N3O3. The minimum absolute atomic E-state index is 0.0161. The van der Waals surface area contributed by atoms with Crippen LogP contribution in [0.3, 0.4) is 0 Å². The average molecular weight is 289 g/mol. The molecule has 0 bridgehead atoms. The van der Waals surface area contributed by atoms with Crippen molar-refractivity contribution in [3.05, 3.63) is 29.1 Å². The second-order valence-electron chi connectivity index (χ2n) is 5.84. The van der Waals surface area contributed by atoms with Crippen molar-refractivity contribution in [2.24, 2.45) is 5.92 Å². The van der Waals surface area contributed by atoms with Crippen LogP contribution in [0.2, 0.25) is 0 Å². The van der Waals surface area contributed by atoms with E-state index >= 15 is 0 Å². The molecule has 1 aromatic heterocycles. The van der Waals surface area contributed by atoms with Gasteiger partial charge in [-0.3, -0.25) is 9.80 Å². The van der Waals surface area contributed by atoms with Gasteiger partial charge >= 0.3 is 5.97 Å². The molecule has 0 spiro atoms. The maximum atomic E-state index is 12.5. The molecule has 1 saturated carbocycles. The zero-order valence-electron chi connectivity index (χ0n) is 12.1. The average Bonchev–Trinajstić information content (AvgIpc) is 3.07. The van der Waals surface area contributed by atoms with E-state index in [0.717, 1.165) is 6.54 Å². The minimum atomic E-state index is -1.08. The van der Waals surface area contributed by atoms with E-state index in [1.807, 2.05) is 12.1 Å². The highest BCUT2D eigenvalue weighted by atomic mass is 16.4. The summed E-state index contributed by atoms with van der Waals surface area (Å²) in [6, 6.07) is 1.60. The lowest BCUT2D eigenvalue weighted by molar-refractivity contribution is -0.000573. The van der Waals surface area contributed by atoms with Gasteiger partial charge in [-0.25, -0.2) is 14.8 Å². The maximum Gasteiger partial charge on any atom is 0.354 e. The molecule has 6 heteroatoms. The van der Waals surface area contributed by atoms with E-state index in [4.69, 9.17) is 0 Å². The van der Waals surface area contributed by atoms with Gasteiger partial charge in [-0.1, -0.05) is 12.8 Å². The second kappa shape index (κ2) is 5.44. The number of hydrogen-bond donors (Lipinski definition) is 1. The van der Waals surface area contributed by atoms with Gasteiger partial charge in [-0.15, -0.1) is 0 Å². The Balaban J connectivity index is 1.79. The number of carboxylic acids is 1. The van der Waals surface area contributed by atoms with E-state index in [1.165, 1.54) is 31.9 Å². The zero-order valence-corrected chi connectivity index (χ0v) is 12.1. The van der Waals surface area contributed by atoms with E-state index in [9.17, 15) is 14.7 Å². The molecule has 6 nitrogen and oxygen atoms in total. The Kier molecular flexibility index (Phi) is 3.63. The fourth-order valence-electron chi connectivity index (χ4n) is 3.34. The van der Waals surface area contributed by atoms with Gasteiger partial charge in [-0.05, 0) is 24.8 Å². The molecular weight excluding hydrogens is 270 g/mol. The summed E-state index contributed by atoms with van der Waals surface area (Å²) in [5, 5.41) is 12.8. The summed E-state index contributed by atoms with van der Waals surface area (Å²) in [5.74, 6) is -0.584. The molecule has 2 aliphatic rings. The molecule has 1 N–H and O–H groups in total. The molecule has 3 rings (SSSR count). The van der Waals surface area contributed by atoms with Crippen molar-refractivity contribution in [3.63, 3.8) is 0 Å². The third kappa shape index (κ3) is 2.51. The van der Waals surface area contributed by atoms with E-state index in [-0.39, 0.29) is 11.6 Å². The number of amides is 1. The van der Waals surface area contributed by atoms with Crippen LogP contribution >= 0.6 is 0 Å². The van der Waals surface area contributed by atoms with Crippen molar-refractivity contribution in [1.82, 2.24) is 15.0 Å². The molecule has 2 heterocycles. The molecule has 1 fully saturated rings. The van der Waals surface area contributed by atoms with Gasteiger partial charge in [0.25, 0.3) is 5.91 Å². The van der Waals surface area contributed by atoms with Gasteiger partial charge in [0.15, 0.2) is 5.69 Å². The Bertz CT molecular complexity index is 582. The van der Waals surface area contributed by atoms with E-state index in [1.54, 1.807) is 11.1 Å². The van der Waals surface area contributed by atoms with E-state index in [0.29, 0.717) is 23.6 Å². The second-order valence-corrected chi connectivity index (χ2v) is 5.84. The summed E-state index contributed by atoms with van der Waals surface area (Å²) >= 11 is 0. The first kappa shape index (κ1) is 14.0. The standard InChI is InChI=1S/C15H19N3O3/c1-17(8-10-4-2-3-5-10)18-9-12-11(14(18)19)6-7-16-13(12)15(20)21/h6-7,10H,2-5,8-9H2,1H3,(H,20,21).